The van der Waals surface area contributed by atoms with Gasteiger partial charge in [0, 0.05) is 49.4 Å². The molecule has 1 aromatic carbocycles. The summed E-state index contributed by atoms with van der Waals surface area (Å²) in [6, 6.07) is 9.71. The van der Waals surface area contributed by atoms with Crippen molar-refractivity contribution in [1.29, 1.82) is 0 Å². The average Bonchev–Trinajstić information content (AvgIpc) is 3.02. The van der Waals surface area contributed by atoms with E-state index in [1.54, 1.807) is 7.11 Å². The van der Waals surface area contributed by atoms with E-state index in [0.29, 0.717) is 12.1 Å². The monoisotopic (exact) mass is 371 g/mol. The van der Waals surface area contributed by atoms with Gasteiger partial charge in [0.25, 0.3) is 0 Å². The van der Waals surface area contributed by atoms with E-state index in [0.717, 1.165) is 26.1 Å². The van der Waals surface area contributed by atoms with Crippen LogP contribution in [0.2, 0.25) is 0 Å². The van der Waals surface area contributed by atoms with Crippen LogP contribution >= 0.6 is 0 Å². The summed E-state index contributed by atoms with van der Waals surface area (Å²) in [6.07, 6.45) is 7.08. The first-order valence-electron chi connectivity index (χ1n) is 10.2. The van der Waals surface area contributed by atoms with Crippen LogP contribution in [-0.2, 0) is 16.1 Å². The molecule has 3 rings (SSSR count). The molecule has 0 unspecified atom stereocenters. The molecule has 2 heterocycles. The average molecular weight is 372 g/mol. The Morgan fingerprint density at radius 2 is 2.11 bits per heavy atom. The van der Waals surface area contributed by atoms with Crippen LogP contribution in [0.4, 0.5) is 0 Å². The number of hydrogen-bond acceptors (Lipinski definition) is 3. The van der Waals surface area contributed by atoms with Gasteiger partial charge in [-0.25, -0.2) is 0 Å². The molecule has 1 amide bonds. The molecule has 0 radical (unpaired) electrons. The lowest BCUT2D eigenvalue weighted by molar-refractivity contribution is -0.124. The molecule has 1 saturated heterocycles. The Labute approximate surface area is 162 Å². The van der Waals surface area contributed by atoms with Crippen LogP contribution in [0, 0.1) is 0 Å². The number of amides is 1. The predicted octanol–water partition coefficient (Wildman–Crippen LogP) is 3.73. The van der Waals surface area contributed by atoms with E-state index < -0.39 is 0 Å². The third kappa shape index (κ3) is 4.90. The van der Waals surface area contributed by atoms with Crippen LogP contribution in [-0.4, -0.2) is 48.2 Å². The molecule has 1 aliphatic rings. The van der Waals surface area contributed by atoms with Gasteiger partial charge < -0.3 is 14.6 Å². The van der Waals surface area contributed by atoms with Crippen molar-refractivity contribution in [3.63, 3.8) is 0 Å². The fourth-order valence-corrected chi connectivity index (χ4v) is 4.20. The van der Waals surface area contributed by atoms with Gasteiger partial charge in [0.15, 0.2) is 0 Å². The molecule has 148 valence electrons. The highest BCUT2D eigenvalue weighted by atomic mass is 16.5. The maximum atomic E-state index is 11.6. The lowest BCUT2D eigenvalue weighted by Crippen LogP contribution is -2.41. The zero-order valence-corrected chi connectivity index (χ0v) is 16.9. The maximum Gasteiger partial charge on any atom is 0.245 e. The van der Waals surface area contributed by atoms with E-state index in [1.807, 2.05) is 0 Å². The highest BCUT2D eigenvalue weighted by Gasteiger charge is 2.23. The number of hydrogen-bond donors (Lipinski definition) is 1. The van der Waals surface area contributed by atoms with Crippen molar-refractivity contribution in [1.82, 2.24) is 14.8 Å². The first kappa shape index (κ1) is 19.9. The molecule has 2 aromatic rings. The summed E-state index contributed by atoms with van der Waals surface area (Å²) in [5.74, 6) is -0.0279. The molecule has 0 spiro atoms. The van der Waals surface area contributed by atoms with Gasteiger partial charge in [0.2, 0.25) is 5.91 Å². The number of fused-ring (bicyclic) bond motifs is 1. The van der Waals surface area contributed by atoms with Crippen LogP contribution in [0.5, 0.6) is 0 Å². The summed E-state index contributed by atoms with van der Waals surface area (Å²) in [7, 11) is 1.55. The van der Waals surface area contributed by atoms with Gasteiger partial charge in [0.1, 0.15) is 6.61 Å². The number of aromatic nitrogens is 1. The number of carbonyl (C=O) groups is 1. The van der Waals surface area contributed by atoms with E-state index >= 15 is 0 Å². The lowest BCUT2D eigenvalue weighted by atomic mass is 9.98. The predicted molar refractivity (Wildman–Crippen MR) is 110 cm³/mol. The van der Waals surface area contributed by atoms with E-state index in [-0.39, 0.29) is 12.5 Å². The molecule has 1 aromatic heterocycles. The highest BCUT2D eigenvalue weighted by molar-refractivity contribution is 5.84. The molecular formula is C22H33N3O2. The number of likely N-dealkylation sites (tertiary alicyclic amines) is 1. The number of benzene rings is 1. The largest absolute Gasteiger partial charge is 0.375 e. The van der Waals surface area contributed by atoms with Gasteiger partial charge in [-0.2, -0.15) is 0 Å². The zero-order valence-electron chi connectivity index (χ0n) is 16.9. The van der Waals surface area contributed by atoms with Crippen LogP contribution < -0.4 is 5.32 Å². The van der Waals surface area contributed by atoms with Crippen molar-refractivity contribution in [2.75, 3.05) is 26.8 Å². The first-order valence-corrected chi connectivity index (χ1v) is 10.2. The van der Waals surface area contributed by atoms with Gasteiger partial charge in [0.05, 0.1) is 0 Å². The summed E-state index contributed by atoms with van der Waals surface area (Å²) < 4.78 is 7.27. The molecule has 5 heteroatoms. The van der Waals surface area contributed by atoms with E-state index in [2.05, 4.69) is 59.1 Å². The number of para-hydroxylation sites is 1. The second kappa shape index (κ2) is 9.38. The van der Waals surface area contributed by atoms with Gasteiger partial charge in [-0.3, -0.25) is 9.69 Å². The smallest absolute Gasteiger partial charge is 0.245 e. The fourth-order valence-electron chi connectivity index (χ4n) is 4.20. The minimum atomic E-state index is -0.0279. The molecule has 1 aliphatic heterocycles. The van der Waals surface area contributed by atoms with Gasteiger partial charge in [-0.05, 0) is 51.3 Å². The number of nitrogens with one attached hydrogen (secondary N) is 1. The highest BCUT2D eigenvalue weighted by Crippen LogP contribution is 2.28. The lowest BCUT2D eigenvalue weighted by Gasteiger charge is -2.35. The van der Waals surface area contributed by atoms with Crippen LogP contribution in [0.1, 0.15) is 51.1 Å². The Morgan fingerprint density at radius 1 is 1.30 bits per heavy atom. The zero-order chi connectivity index (χ0) is 19.2. The maximum absolute atomic E-state index is 11.6. The molecule has 1 fully saturated rings. The third-order valence-corrected chi connectivity index (χ3v) is 5.58. The second-order valence-corrected chi connectivity index (χ2v) is 7.86. The fraction of sp³-hybridized carbons (Fsp3) is 0.591. The second-order valence-electron chi connectivity index (χ2n) is 7.86. The quantitative estimate of drug-likeness (QED) is 0.769. The van der Waals surface area contributed by atoms with Gasteiger partial charge in [-0.15, -0.1) is 0 Å². The number of nitrogens with zero attached hydrogens (tertiary/aromatic N) is 2. The number of ether oxygens (including phenoxy) is 1. The Bertz CT molecular complexity index is 753. The number of piperidine rings is 1. The molecule has 1 N–H and O–H groups in total. The van der Waals surface area contributed by atoms with Crippen molar-refractivity contribution < 1.29 is 9.53 Å². The van der Waals surface area contributed by atoms with Gasteiger partial charge >= 0.3 is 0 Å². The SMILES string of the molecule is COCC(=O)NCC[C@@H]1CCCCN1Cc1cn(C(C)C)c2ccccc12. The Balaban J connectivity index is 1.69. The molecule has 1 atom stereocenters. The molecule has 0 aliphatic carbocycles. The third-order valence-electron chi connectivity index (χ3n) is 5.58. The standard InChI is InChI=1S/C22H33N3O2/c1-17(2)25-15-18(20-9-4-5-10-21(20)25)14-24-13-7-6-8-19(24)11-12-23-22(26)16-27-3/h4-5,9-10,15,17,19H,6-8,11-14,16H2,1-3H3,(H,23,26)/t19-/m0/s1. The molecule has 5 nitrogen and oxygen atoms in total. The Kier molecular flexibility index (Phi) is 6.91. The van der Waals surface area contributed by atoms with Crippen LogP contribution in [0.25, 0.3) is 10.9 Å². The minimum Gasteiger partial charge on any atom is -0.375 e. The summed E-state index contributed by atoms with van der Waals surface area (Å²) in [5.41, 5.74) is 2.73. The van der Waals surface area contributed by atoms with Crippen molar-refractivity contribution in [2.24, 2.45) is 0 Å². The van der Waals surface area contributed by atoms with E-state index in [1.165, 1.54) is 35.7 Å². The molecule has 0 saturated carbocycles. The van der Waals surface area contributed by atoms with Gasteiger partial charge in [-0.1, -0.05) is 24.6 Å². The Hall–Kier alpha value is -1.85. The van der Waals surface area contributed by atoms with Crippen LogP contribution in [0.3, 0.4) is 0 Å². The number of methoxy groups -OCH3 is 1. The molecular weight excluding hydrogens is 338 g/mol. The van der Waals surface area contributed by atoms with Crippen molar-refractivity contribution >= 4 is 16.8 Å². The topological polar surface area (TPSA) is 46.5 Å². The summed E-state index contributed by atoms with van der Waals surface area (Å²) in [4.78, 5) is 14.2. The summed E-state index contributed by atoms with van der Waals surface area (Å²) >= 11 is 0. The van der Waals surface area contributed by atoms with Crippen molar-refractivity contribution in [2.45, 2.75) is 58.2 Å². The minimum absolute atomic E-state index is 0.0279. The van der Waals surface area contributed by atoms with Crippen molar-refractivity contribution in [3.8, 4) is 0 Å². The van der Waals surface area contributed by atoms with Crippen molar-refractivity contribution in [3.05, 3.63) is 36.0 Å². The molecule has 27 heavy (non-hydrogen) atoms. The first-order chi connectivity index (χ1) is 13.1. The number of carbonyl (C=O) groups excluding carboxylic acids is 1. The van der Waals surface area contributed by atoms with E-state index in [4.69, 9.17) is 4.74 Å². The van der Waals surface area contributed by atoms with Crippen LogP contribution in [0.15, 0.2) is 30.5 Å². The molecule has 0 bridgehead atoms. The number of rotatable bonds is 8. The normalized spacial score (nSPS) is 18.3. The van der Waals surface area contributed by atoms with E-state index in [9.17, 15) is 4.79 Å². The summed E-state index contributed by atoms with van der Waals surface area (Å²) in [6.45, 7) is 7.46. The summed E-state index contributed by atoms with van der Waals surface area (Å²) in [5, 5.41) is 4.33. The Morgan fingerprint density at radius 3 is 2.89 bits per heavy atom.